The van der Waals surface area contributed by atoms with Crippen molar-refractivity contribution in [2.75, 3.05) is 19.4 Å². The molecule has 27 heavy (non-hydrogen) atoms. The van der Waals surface area contributed by atoms with Crippen molar-refractivity contribution < 1.29 is 23.6 Å². The lowest BCUT2D eigenvalue weighted by Crippen LogP contribution is -2.31. The van der Waals surface area contributed by atoms with Crippen LogP contribution in [0.15, 0.2) is 36.4 Å². The van der Waals surface area contributed by atoms with Crippen molar-refractivity contribution in [1.29, 1.82) is 0 Å². The van der Waals surface area contributed by atoms with Gasteiger partial charge in [0, 0.05) is 36.3 Å². The van der Waals surface area contributed by atoms with E-state index in [4.69, 9.17) is 22.1 Å². The number of esters is 1. The summed E-state index contributed by atoms with van der Waals surface area (Å²) in [5.74, 6) is -2.06. The van der Waals surface area contributed by atoms with Crippen LogP contribution in [-0.4, -0.2) is 35.4 Å². The molecular formula is C17H15ClFN3O5. The normalized spacial score (nSPS) is 10.3. The van der Waals surface area contributed by atoms with Gasteiger partial charge in [-0.1, -0.05) is 17.7 Å². The number of ether oxygens (including phenoxy) is 1. The van der Waals surface area contributed by atoms with E-state index in [-0.39, 0.29) is 34.1 Å². The van der Waals surface area contributed by atoms with Gasteiger partial charge in [-0.3, -0.25) is 14.9 Å². The van der Waals surface area contributed by atoms with E-state index in [1.54, 1.807) is 0 Å². The molecule has 0 aliphatic heterocycles. The van der Waals surface area contributed by atoms with E-state index in [9.17, 15) is 24.1 Å². The van der Waals surface area contributed by atoms with Gasteiger partial charge in [-0.25, -0.2) is 9.18 Å². The smallest absolute Gasteiger partial charge is 0.340 e. The minimum Gasteiger partial charge on any atom is -0.452 e. The fourth-order valence-corrected chi connectivity index (χ4v) is 2.40. The zero-order valence-corrected chi connectivity index (χ0v) is 14.9. The van der Waals surface area contributed by atoms with Gasteiger partial charge in [-0.2, -0.15) is 0 Å². The van der Waals surface area contributed by atoms with Crippen LogP contribution in [-0.2, 0) is 16.1 Å². The summed E-state index contributed by atoms with van der Waals surface area (Å²) in [6.45, 7) is -0.723. The van der Waals surface area contributed by atoms with Crippen molar-refractivity contribution in [3.63, 3.8) is 0 Å². The van der Waals surface area contributed by atoms with Crippen LogP contribution < -0.4 is 5.73 Å². The highest BCUT2D eigenvalue weighted by Gasteiger charge is 2.19. The number of carbonyl (C=O) groups is 2. The Hall–Kier alpha value is -3.20. The summed E-state index contributed by atoms with van der Waals surface area (Å²) in [5.41, 5.74) is 5.22. The van der Waals surface area contributed by atoms with Crippen molar-refractivity contribution in [2.45, 2.75) is 6.54 Å². The number of rotatable bonds is 6. The molecule has 1 amide bonds. The molecule has 0 saturated carbocycles. The van der Waals surface area contributed by atoms with E-state index < -0.39 is 29.2 Å². The highest BCUT2D eigenvalue weighted by atomic mass is 35.5. The quantitative estimate of drug-likeness (QED) is 0.348. The maximum atomic E-state index is 13.8. The molecule has 0 heterocycles. The van der Waals surface area contributed by atoms with E-state index in [0.717, 1.165) is 23.1 Å². The van der Waals surface area contributed by atoms with E-state index >= 15 is 0 Å². The third kappa shape index (κ3) is 4.91. The predicted octanol–water partition coefficient (Wildman–Crippen LogP) is 2.78. The van der Waals surface area contributed by atoms with Gasteiger partial charge < -0.3 is 15.4 Å². The topological polar surface area (TPSA) is 116 Å². The number of likely N-dealkylation sites (N-methyl/N-ethyl adjacent to an activating group) is 1. The minimum atomic E-state index is -0.909. The molecule has 142 valence electrons. The molecule has 0 aliphatic rings. The van der Waals surface area contributed by atoms with Crippen LogP contribution in [0.5, 0.6) is 0 Å². The standard InChI is InChI=1S/C17H15ClFN3O5/c1-21(8-12-13(18)3-2-4-14(12)19)16(23)9-27-17(24)11-6-5-10(22(25)26)7-15(11)20/h2-7H,8-9,20H2,1H3. The lowest BCUT2D eigenvalue weighted by molar-refractivity contribution is -0.384. The van der Waals surface area contributed by atoms with E-state index in [0.29, 0.717) is 0 Å². The van der Waals surface area contributed by atoms with E-state index in [2.05, 4.69) is 0 Å². The van der Waals surface area contributed by atoms with Crippen LogP contribution in [0, 0.1) is 15.9 Å². The van der Waals surface area contributed by atoms with Crippen molar-refractivity contribution in [3.8, 4) is 0 Å². The molecule has 0 aliphatic carbocycles. The molecule has 2 N–H and O–H groups in total. The zero-order chi connectivity index (χ0) is 20.1. The first-order chi connectivity index (χ1) is 12.7. The Bertz CT molecular complexity index is 886. The Morgan fingerprint density at radius 1 is 1.33 bits per heavy atom. The van der Waals surface area contributed by atoms with Crippen LogP contribution in [0.25, 0.3) is 0 Å². The second-order valence-electron chi connectivity index (χ2n) is 5.55. The van der Waals surface area contributed by atoms with Gasteiger partial charge >= 0.3 is 5.97 Å². The van der Waals surface area contributed by atoms with Gasteiger partial charge in [0.05, 0.1) is 16.2 Å². The third-order valence-corrected chi connectivity index (χ3v) is 4.03. The number of non-ortho nitro benzene ring substituents is 1. The largest absolute Gasteiger partial charge is 0.452 e. The number of carbonyl (C=O) groups excluding carboxylic acids is 2. The predicted molar refractivity (Wildman–Crippen MR) is 95.7 cm³/mol. The van der Waals surface area contributed by atoms with Crippen LogP contribution in [0.3, 0.4) is 0 Å². The van der Waals surface area contributed by atoms with Crippen LogP contribution in [0.2, 0.25) is 5.02 Å². The number of halogens is 2. The first-order valence-electron chi connectivity index (χ1n) is 7.58. The van der Waals surface area contributed by atoms with Crippen molar-refractivity contribution >= 4 is 34.9 Å². The number of hydrogen-bond donors (Lipinski definition) is 1. The number of nitro groups is 1. The van der Waals surface area contributed by atoms with Gasteiger partial charge in [-0.05, 0) is 18.2 Å². The highest BCUT2D eigenvalue weighted by molar-refractivity contribution is 6.31. The Labute approximate surface area is 158 Å². The highest BCUT2D eigenvalue weighted by Crippen LogP contribution is 2.21. The summed E-state index contributed by atoms with van der Waals surface area (Å²) >= 11 is 5.91. The maximum Gasteiger partial charge on any atom is 0.340 e. The van der Waals surface area contributed by atoms with Gasteiger partial charge in [-0.15, -0.1) is 0 Å². The molecule has 2 rings (SSSR count). The second kappa shape index (κ2) is 8.45. The molecule has 0 saturated heterocycles. The van der Waals surface area contributed by atoms with Crippen LogP contribution >= 0.6 is 11.6 Å². The van der Waals surface area contributed by atoms with E-state index in [1.165, 1.54) is 25.2 Å². The van der Waals surface area contributed by atoms with Crippen molar-refractivity contribution in [1.82, 2.24) is 4.90 Å². The zero-order valence-electron chi connectivity index (χ0n) is 14.1. The number of hydrogen-bond acceptors (Lipinski definition) is 6. The molecule has 0 bridgehead atoms. The number of amides is 1. The molecule has 8 nitrogen and oxygen atoms in total. The molecule has 0 unspecified atom stereocenters. The molecule has 2 aromatic rings. The average molecular weight is 396 g/mol. The summed E-state index contributed by atoms with van der Waals surface area (Å²) < 4.78 is 18.7. The number of nitrogens with zero attached hydrogens (tertiary/aromatic N) is 2. The SMILES string of the molecule is CN(Cc1c(F)cccc1Cl)C(=O)COC(=O)c1ccc([N+](=O)[O-])cc1N. The summed E-state index contributed by atoms with van der Waals surface area (Å²) in [5, 5.41) is 10.8. The molecule has 0 radical (unpaired) electrons. The monoisotopic (exact) mass is 395 g/mol. The molecule has 10 heteroatoms. The number of nitro benzene ring substituents is 1. The number of nitrogen functional groups attached to an aromatic ring is 1. The molecule has 0 aromatic heterocycles. The second-order valence-corrected chi connectivity index (χ2v) is 5.96. The van der Waals surface area contributed by atoms with Gasteiger partial charge in [0.1, 0.15) is 5.82 Å². The fraction of sp³-hybridized carbons (Fsp3) is 0.176. The number of nitrogens with two attached hydrogens (primary N) is 1. The number of anilines is 1. The summed E-state index contributed by atoms with van der Waals surface area (Å²) in [6, 6.07) is 7.42. The van der Waals surface area contributed by atoms with Crippen molar-refractivity contribution in [3.05, 3.63) is 68.5 Å². The van der Waals surface area contributed by atoms with Gasteiger partial charge in [0.25, 0.3) is 11.6 Å². The average Bonchev–Trinajstić information content (AvgIpc) is 2.62. The minimum absolute atomic E-state index is 0.104. The van der Waals surface area contributed by atoms with E-state index in [1.807, 2.05) is 0 Å². The number of benzene rings is 2. The molecule has 0 fully saturated rings. The first-order valence-corrected chi connectivity index (χ1v) is 7.96. The summed E-state index contributed by atoms with van der Waals surface area (Å²) in [4.78, 5) is 35.3. The Kier molecular flexibility index (Phi) is 6.30. The fourth-order valence-electron chi connectivity index (χ4n) is 2.17. The summed E-state index contributed by atoms with van der Waals surface area (Å²) in [7, 11) is 1.40. The Morgan fingerprint density at radius 2 is 2.04 bits per heavy atom. The third-order valence-electron chi connectivity index (χ3n) is 3.68. The van der Waals surface area contributed by atoms with Crippen LogP contribution in [0.1, 0.15) is 15.9 Å². The first kappa shape index (κ1) is 20.1. The van der Waals surface area contributed by atoms with Crippen molar-refractivity contribution in [2.24, 2.45) is 0 Å². The molecule has 2 aromatic carbocycles. The lowest BCUT2D eigenvalue weighted by atomic mass is 10.1. The lowest BCUT2D eigenvalue weighted by Gasteiger charge is -2.18. The molecular weight excluding hydrogens is 381 g/mol. The van der Waals surface area contributed by atoms with Gasteiger partial charge in [0.15, 0.2) is 6.61 Å². The van der Waals surface area contributed by atoms with Gasteiger partial charge in [0.2, 0.25) is 0 Å². The Balaban J connectivity index is 1.98. The molecule has 0 spiro atoms. The maximum absolute atomic E-state index is 13.8. The van der Waals surface area contributed by atoms with Crippen LogP contribution in [0.4, 0.5) is 15.8 Å². The molecule has 0 atom stereocenters. The summed E-state index contributed by atoms with van der Waals surface area (Å²) in [6.07, 6.45) is 0. The Morgan fingerprint density at radius 3 is 2.63 bits per heavy atom.